The zero-order valence-corrected chi connectivity index (χ0v) is 31.9. The lowest BCUT2D eigenvalue weighted by Gasteiger charge is -2.25. The van der Waals surface area contributed by atoms with Crippen LogP contribution in [-0.2, 0) is 5.41 Å². The van der Waals surface area contributed by atoms with Crippen molar-refractivity contribution in [1.29, 1.82) is 0 Å². The lowest BCUT2D eigenvalue weighted by atomic mass is 9.78. The number of rotatable bonds is 5. The summed E-state index contributed by atoms with van der Waals surface area (Å²) < 4.78 is 0. The maximum Gasteiger partial charge on any atom is 0.160 e. The van der Waals surface area contributed by atoms with Gasteiger partial charge in [-0.15, -0.1) is 0 Å². The Morgan fingerprint density at radius 2 is 0.895 bits per heavy atom. The van der Waals surface area contributed by atoms with Gasteiger partial charge in [-0.25, -0.2) is 9.97 Å². The minimum Gasteiger partial charge on any atom is -0.228 e. The van der Waals surface area contributed by atoms with Crippen molar-refractivity contribution in [2.75, 3.05) is 0 Å². The van der Waals surface area contributed by atoms with Gasteiger partial charge in [-0.1, -0.05) is 184 Å². The second-order valence-corrected chi connectivity index (χ2v) is 15.8. The van der Waals surface area contributed by atoms with E-state index in [0.29, 0.717) is 5.82 Å². The number of hydrogen-bond acceptors (Lipinski definition) is 2. The lowest BCUT2D eigenvalue weighted by molar-refractivity contribution is 0.663. The Hall–Kier alpha value is -7.16. The van der Waals surface area contributed by atoms with Crippen LogP contribution in [0.1, 0.15) is 25.0 Å². The van der Waals surface area contributed by atoms with Crippen LogP contribution in [0.4, 0.5) is 0 Å². The van der Waals surface area contributed by atoms with E-state index in [1.54, 1.807) is 0 Å². The smallest absolute Gasteiger partial charge is 0.160 e. The van der Waals surface area contributed by atoms with Crippen LogP contribution in [0.5, 0.6) is 0 Å². The van der Waals surface area contributed by atoms with Gasteiger partial charge in [0.15, 0.2) is 5.82 Å². The van der Waals surface area contributed by atoms with Crippen LogP contribution in [0.2, 0.25) is 0 Å². The normalized spacial score (nSPS) is 12.9. The molecule has 268 valence electrons. The van der Waals surface area contributed by atoms with Crippen molar-refractivity contribution in [1.82, 2.24) is 9.97 Å². The molecule has 0 unspecified atom stereocenters. The van der Waals surface area contributed by atoms with Gasteiger partial charge in [0.1, 0.15) is 0 Å². The molecule has 2 heteroatoms. The van der Waals surface area contributed by atoms with Crippen molar-refractivity contribution >= 4 is 32.3 Å². The molecule has 2 nitrogen and oxygen atoms in total. The summed E-state index contributed by atoms with van der Waals surface area (Å²) in [6, 6.07) is 70.2. The monoisotopic (exact) mass is 726 g/mol. The first-order valence-electron chi connectivity index (χ1n) is 19.7. The highest BCUT2D eigenvalue weighted by molar-refractivity contribution is 6.05. The fraction of sp³-hybridized carbons (Fsp3) is 0.0545. The van der Waals surface area contributed by atoms with Gasteiger partial charge >= 0.3 is 0 Å². The Labute approximate surface area is 332 Å². The van der Waals surface area contributed by atoms with Crippen molar-refractivity contribution in [3.8, 4) is 67.3 Å². The molecule has 0 aliphatic heterocycles. The number of aromatic nitrogens is 2. The molecule has 0 amide bonds. The van der Waals surface area contributed by atoms with E-state index in [2.05, 4.69) is 190 Å². The van der Waals surface area contributed by atoms with E-state index < -0.39 is 0 Å². The Bertz CT molecular complexity index is 3190. The largest absolute Gasteiger partial charge is 0.228 e. The van der Waals surface area contributed by atoms with Crippen LogP contribution < -0.4 is 0 Å². The first kappa shape index (κ1) is 33.2. The summed E-state index contributed by atoms with van der Waals surface area (Å²) in [7, 11) is 0. The highest BCUT2D eigenvalue weighted by Gasteiger charge is 2.37. The van der Waals surface area contributed by atoms with Crippen LogP contribution in [-0.4, -0.2) is 9.97 Å². The fourth-order valence-corrected chi connectivity index (χ4v) is 9.21. The maximum absolute atomic E-state index is 5.22. The molecule has 1 aliphatic carbocycles. The molecule has 0 radical (unpaired) electrons. The molecule has 11 rings (SSSR count). The molecule has 57 heavy (non-hydrogen) atoms. The number of nitrogens with zero attached hydrogens (tertiary/aromatic N) is 2. The molecule has 0 N–H and O–H groups in total. The van der Waals surface area contributed by atoms with Gasteiger partial charge in [0.2, 0.25) is 0 Å². The summed E-state index contributed by atoms with van der Waals surface area (Å²) in [5.41, 5.74) is 15.2. The van der Waals surface area contributed by atoms with E-state index in [1.165, 1.54) is 71.4 Å². The quantitative estimate of drug-likeness (QED) is 0.176. The Balaban J connectivity index is 1.00. The average Bonchev–Trinajstić information content (AvgIpc) is 3.50. The SMILES string of the molecule is CC1(C)c2cc3ccccc3cc2-c2cccc(-c3ccc(-c4ccc(-c5cc(-c6ccc7ccccc7c6)nc(-c6ccccc6)n5)c5ccccc45)cc3)c21. The maximum atomic E-state index is 5.22. The van der Waals surface area contributed by atoms with E-state index in [9.17, 15) is 0 Å². The number of benzene rings is 9. The standard InChI is InChI=1S/C55H38N2/c1-55(2)50-33-41-18-9-8-17-40(41)32-49(50)48-22-12-21-44(53(48)55)37-26-24-36(25-27-37)43-29-30-47(46-20-11-10-19-45(43)46)52-34-51(56-54(57-52)38-14-4-3-5-15-38)42-28-23-35-13-6-7-16-39(35)31-42/h3-34H,1-2H3. The minimum absolute atomic E-state index is 0.120. The van der Waals surface area contributed by atoms with E-state index in [4.69, 9.17) is 9.97 Å². The summed E-state index contributed by atoms with van der Waals surface area (Å²) in [5, 5.41) is 7.34. The Morgan fingerprint density at radius 1 is 0.333 bits per heavy atom. The van der Waals surface area contributed by atoms with Crippen LogP contribution >= 0.6 is 0 Å². The summed E-state index contributed by atoms with van der Waals surface area (Å²) in [5.74, 6) is 0.715. The van der Waals surface area contributed by atoms with Gasteiger partial charge in [0.05, 0.1) is 11.4 Å². The molecule has 0 spiro atoms. The molecule has 0 bridgehead atoms. The van der Waals surface area contributed by atoms with E-state index in [-0.39, 0.29) is 5.41 Å². The Kier molecular flexibility index (Phi) is 7.55. The summed E-state index contributed by atoms with van der Waals surface area (Å²) >= 11 is 0. The molecule has 0 atom stereocenters. The predicted octanol–water partition coefficient (Wildman–Crippen LogP) is 14.6. The molecule has 0 saturated carbocycles. The van der Waals surface area contributed by atoms with Gasteiger partial charge < -0.3 is 0 Å². The Morgan fingerprint density at radius 3 is 1.65 bits per heavy atom. The van der Waals surface area contributed by atoms with Gasteiger partial charge in [0, 0.05) is 22.1 Å². The molecular formula is C55H38N2. The van der Waals surface area contributed by atoms with E-state index in [1.807, 2.05) is 18.2 Å². The van der Waals surface area contributed by atoms with Crippen LogP contribution in [0.3, 0.4) is 0 Å². The molecule has 10 aromatic rings. The zero-order valence-electron chi connectivity index (χ0n) is 31.9. The lowest BCUT2D eigenvalue weighted by Crippen LogP contribution is -2.16. The number of hydrogen-bond donors (Lipinski definition) is 0. The topological polar surface area (TPSA) is 25.8 Å². The van der Waals surface area contributed by atoms with Crippen molar-refractivity contribution in [3.63, 3.8) is 0 Å². The minimum atomic E-state index is -0.120. The van der Waals surface area contributed by atoms with E-state index in [0.717, 1.165) is 33.5 Å². The first-order chi connectivity index (χ1) is 28.0. The van der Waals surface area contributed by atoms with Gasteiger partial charge in [-0.2, -0.15) is 0 Å². The first-order valence-corrected chi connectivity index (χ1v) is 19.7. The molecule has 0 fully saturated rings. The van der Waals surface area contributed by atoms with Crippen molar-refractivity contribution in [3.05, 3.63) is 205 Å². The summed E-state index contributed by atoms with van der Waals surface area (Å²) in [4.78, 5) is 10.3. The second-order valence-electron chi connectivity index (χ2n) is 15.8. The third kappa shape index (κ3) is 5.48. The summed E-state index contributed by atoms with van der Waals surface area (Å²) in [6.07, 6.45) is 0. The third-order valence-corrected chi connectivity index (χ3v) is 12.0. The third-order valence-electron chi connectivity index (χ3n) is 12.0. The van der Waals surface area contributed by atoms with Crippen LogP contribution in [0.25, 0.3) is 99.6 Å². The highest BCUT2D eigenvalue weighted by Crippen LogP contribution is 2.53. The van der Waals surface area contributed by atoms with Crippen molar-refractivity contribution in [2.45, 2.75) is 19.3 Å². The van der Waals surface area contributed by atoms with Gasteiger partial charge in [0.25, 0.3) is 0 Å². The zero-order chi connectivity index (χ0) is 38.1. The van der Waals surface area contributed by atoms with Crippen LogP contribution in [0.15, 0.2) is 194 Å². The molecule has 1 aromatic heterocycles. The average molecular weight is 727 g/mol. The van der Waals surface area contributed by atoms with Crippen molar-refractivity contribution in [2.24, 2.45) is 0 Å². The number of fused-ring (bicyclic) bond motifs is 6. The molecular weight excluding hydrogens is 689 g/mol. The molecule has 0 saturated heterocycles. The molecule has 1 heterocycles. The van der Waals surface area contributed by atoms with Crippen LogP contribution in [0, 0.1) is 0 Å². The second kappa shape index (κ2) is 13.0. The fourth-order valence-electron chi connectivity index (χ4n) is 9.21. The van der Waals surface area contributed by atoms with Gasteiger partial charge in [-0.3, -0.25) is 0 Å². The molecule has 1 aliphatic rings. The van der Waals surface area contributed by atoms with Crippen molar-refractivity contribution < 1.29 is 0 Å². The predicted molar refractivity (Wildman–Crippen MR) is 239 cm³/mol. The van der Waals surface area contributed by atoms with Gasteiger partial charge in [-0.05, 0) is 101 Å². The van der Waals surface area contributed by atoms with E-state index >= 15 is 0 Å². The summed E-state index contributed by atoms with van der Waals surface area (Å²) in [6.45, 7) is 4.76. The molecule has 9 aromatic carbocycles. The highest BCUT2D eigenvalue weighted by atomic mass is 14.9.